The first-order chi connectivity index (χ1) is 12.1. The molecule has 4 nitrogen and oxygen atoms in total. The maximum absolute atomic E-state index is 13.0. The second-order valence-electron chi connectivity index (χ2n) is 7.20. The highest BCUT2D eigenvalue weighted by molar-refractivity contribution is 6.05. The molecule has 2 N–H and O–H groups in total. The van der Waals surface area contributed by atoms with Crippen LogP contribution in [0.1, 0.15) is 46.7 Å². The summed E-state index contributed by atoms with van der Waals surface area (Å²) in [7, 11) is 0. The summed E-state index contributed by atoms with van der Waals surface area (Å²) >= 11 is 0. The molecule has 1 amide bonds. The van der Waals surface area contributed by atoms with Gasteiger partial charge in [-0.2, -0.15) is 4.39 Å². The van der Waals surface area contributed by atoms with E-state index in [2.05, 4.69) is 27.8 Å². The molecule has 2 fully saturated rings. The second kappa shape index (κ2) is 6.56. The van der Waals surface area contributed by atoms with Crippen molar-refractivity contribution in [2.24, 2.45) is 5.92 Å². The van der Waals surface area contributed by atoms with E-state index >= 15 is 0 Å². The number of pyridine rings is 1. The molecular formula is C20H22FN3O. The molecule has 25 heavy (non-hydrogen) atoms. The minimum Gasteiger partial charge on any atom is -0.322 e. The molecular weight excluding hydrogens is 317 g/mol. The first-order valence-electron chi connectivity index (χ1n) is 8.87. The Morgan fingerprint density at radius 2 is 2.04 bits per heavy atom. The Bertz CT molecular complexity index is 786. The van der Waals surface area contributed by atoms with Gasteiger partial charge in [-0.15, -0.1) is 0 Å². The molecule has 2 atom stereocenters. The number of benzene rings is 1. The molecule has 130 valence electrons. The summed E-state index contributed by atoms with van der Waals surface area (Å²) in [6.07, 6.45) is 5.22. The summed E-state index contributed by atoms with van der Waals surface area (Å²) in [5.41, 5.74) is 3.01. The summed E-state index contributed by atoms with van der Waals surface area (Å²) in [4.78, 5) is 15.9. The third-order valence-electron chi connectivity index (χ3n) is 5.07. The number of anilines is 1. The fraction of sp³-hybridized carbons (Fsp3) is 0.400. The number of aromatic nitrogens is 1. The highest BCUT2D eigenvalue weighted by Crippen LogP contribution is 2.41. The van der Waals surface area contributed by atoms with Crippen molar-refractivity contribution in [1.29, 1.82) is 0 Å². The van der Waals surface area contributed by atoms with E-state index in [-0.39, 0.29) is 5.91 Å². The fourth-order valence-corrected chi connectivity index (χ4v) is 3.20. The van der Waals surface area contributed by atoms with Crippen LogP contribution < -0.4 is 10.6 Å². The number of hydrogen-bond donors (Lipinski definition) is 2. The number of nitrogens with one attached hydrogen (secondary N) is 2. The maximum atomic E-state index is 13.0. The van der Waals surface area contributed by atoms with Gasteiger partial charge in [0.1, 0.15) is 0 Å². The van der Waals surface area contributed by atoms with Crippen LogP contribution in [0.25, 0.3) is 0 Å². The predicted octanol–water partition coefficient (Wildman–Crippen LogP) is 3.64. The smallest absolute Gasteiger partial charge is 0.257 e. The number of rotatable bonds is 6. The SMILES string of the molecule is Cc1cc(F)ncc1C(=O)Nc1ccc([C@@H]2C[C@H]2NCC2CC2)cc1. The molecule has 1 aromatic heterocycles. The monoisotopic (exact) mass is 339 g/mol. The van der Waals surface area contributed by atoms with Crippen LogP contribution in [-0.4, -0.2) is 23.5 Å². The van der Waals surface area contributed by atoms with Crippen molar-refractivity contribution >= 4 is 11.6 Å². The van der Waals surface area contributed by atoms with Gasteiger partial charge in [-0.25, -0.2) is 4.98 Å². The number of halogens is 1. The van der Waals surface area contributed by atoms with E-state index in [1.165, 1.54) is 37.1 Å². The largest absolute Gasteiger partial charge is 0.322 e. The highest BCUT2D eigenvalue weighted by atomic mass is 19.1. The minimum absolute atomic E-state index is 0.270. The van der Waals surface area contributed by atoms with Crippen LogP contribution in [0, 0.1) is 18.8 Å². The summed E-state index contributed by atoms with van der Waals surface area (Å²) in [5.74, 6) is 0.649. The van der Waals surface area contributed by atoms with Crippen LogP contribution >= 0.6 is 0 Å². The molecule has 4 rings (SSSR count). The van der Waals surface area contributed by atoms with Gasteiger partial charge in [0, 0.05) is 23.8 Å². The quantitative estimate of drug-likeness (QED) is 0.790. The molecule has 1 aromatic carbocycles. The van der Waals surface area contributed by atoms with Gasteiger partial charge >= 0.3 is 0 Å². The van der Waals surface area contributed by atoms with Gasteiger partial charge in [-0.05, 0) is 68.0 Å². The predicted molar refractivity (Wildman–Crippen MR) is 95.2 cm³/mol. The Morgan fingerprint density at radius 1 is 1.28 bits per heavy atom. The fourth-order valence-electron chi connectivity index (χ4n) is 3.20. The van der Waals surface area contributed by atoms with Gasteiger partial charge in [0.05, 0.1) is 5.56 Å². The van der Waals surface area contributed by atoms with Gasteiger partial charge in [0.2, 0.25) is 5.95 Å². The van der Waals surface area contributed by atoms with Crippen molar-refractivity contribution in [2.75, 3.05) is 11.9 Å². The van der Waals surface area contributed by atoms with Gasteiger partial charge in [-0.3, -0.25) is 4.79 Å². The normalized spacial score (nSPS) is 21.8. The van der Waals surface area contributed by atoms with Crippen LogP contribution in [0.5, 0.6) is 0 Å². The van der Waals surface area contributed by atoms with Gasteiger partial charge in [0.15, 0.2) is 0 Å². The molecule has 2 saturated carbocycles. The molecule has 2 aliphatic rings. The van der Waals surface area contributed by atoms with E-state index in [4.69, 9.17) is 0 Å². The Labute approximate surface area is 146 Å². The first kappa shape index (κ1) is 16.2. The lowest BCUT2D eigenvalue weighted by atomic mass is 10.1. The van der Waals surface area contributed by atoms with E-state index in [1.807, 2.05) is 12.1 Å². The Hall–Kier alpha value is -2.27. The molecule has 0 bridgehead atoms. The minimum atomic E-state index is -0.576. The van der Waals surface area contributed by atoms with Crippen molar-refractivity contribution in [2.45, 2.75) is 38.1 Å². The van der Waals surface area contributed by atoms with Gasteiger partial charge in [0.25, 0.3) is 5.91 Å². The van der Waals surface area contributed by atoms with E-state index in [0.29, 0.717) is 23.1 Å². The van der Waals surface area contributed by atoms with Crippen LogP contribution in [0.3, 0.4) is 0 Å². The third-order valence-corrected chi connectivity index (χ3v) is 5.07. The Balaban J connectivity index is 1.35. The molecule has 0 aliphatic heterocycles. The van der Waals surface area contributed by atoms with Crippen molar-refractivity contribution in [1.82, 2.24) is 10.3 Å². The molecule has 0 radical (unpaired) electrons. The molecule has 2 aromatic rings. The molecule has 1 heterocycles. The van der Waals surface area contributed by atoms with Crippen LogP contribution in [-0.2, 0) is 0 Å². The zero-order chi connectivity index (χ0) is 17.4. The standard InChI is InChI=1S/C20H22FN3O/c1-12-8-19(21)23-11-17(12)20(25)24-15-6-4-14(5-7-15)16-9-18(16)22-10-13-2-3-13/h4-8,11,13,16,18,22H,2-3,9-10H2,1H3,(H,24,25)/t16-,18+/m0/s1. The number of amides is 1. The second-order valence-corrected chi connectivity index (χ2v) is 7.20. The molecule has 0 saturated heterocycles. The number of nitrogens with zero attached hydrogens (tertiary/aromatic N) is 1. The van der Waals surface area contributed by atoms with E-state index in [9.17, 15) is 9.18 Å². The molecule has 2 aliphatic carbocycles. The van der Waals surface area contributed by atoms with Gasteiger partial charge < -0.3 is 10.6 Å². The topological polar surface area (TPSA) is 54.0 Å². The van der Waals surface area contributed by atoms with Crippen LogP contribution in [0.2, 0.25) is 0 Å². The van der Waals surface area contributed by atoms with Crippen molar-refractivity contribution in [3.05, 3.63) is 59.2 Å². The summed E-state index contributed by atoms with van der Waals surface area (Å²) in [5, 5.41) is 6.49. The van der Waals surface area contributed by atoms with Crippen molar-refractivity contribution < 1.29 is 9.18 Å². The number of carbonyl (C=O) groups is 1. The summed E-state index contributed by atoms with van der Waals surface area (Å²) in [6.45, 7) is 2.85. The summed E-state index contributed by atoms with van der Waals surface area (Å²) in [6, 6.07) is 9.88. The lowest BCUT2D eigenvalue weighted by molar-refractivity contribution is 0.102. The highest BCUT2D eigenvalue weighted by Gasteiger charge is 2.38. The molecule has 5 heteroatoms. The van der Waals surface area contributed by atoms with Crippen molar-refractivity contribution in [3.63, 3.8) is 0 Å². The Morgan fingerprint density at radius 3 is 2.72 bits per heavy atom. The zero-order valence-electron chi connectivity index (χ0n) is 14.3. The number of carbonyl (C=O) groups excluding carboxylic acids is 1. The lowest BCUT2D eigenvalue weighted by Gasteiger charge is -2.08. The van der Waals surface area contributed by atoms with Crippen LogP contribution in [0.15, 0.2) is 36.5 Å². The lowest BCUT2D eigenvalue weighted by Crippen LogP contribution is -2.20. The molecule has 0 spiro atoms. The maximum Gasteiger partial charge on any atom is 0.257 e. The van der Waals surface area contributed by atoms with Crippen molar-refractivity contribution in [3.8, 4) is 0 Å². The average molecular weight is 339 g/mol. The van der Waals surface area contributed by atoms with E-state index in [0.717, 1.165) is 18.2 Å². The van der Waals surface area contributed by atoms with Crippen LogP contribution in [0.4, 0.5) is 10.1 Å². The van der Waals surface area contributed by atoms with Gasteiger partial charge in [-0.1, -0.05) is 12.1 Å². The number of aryl methyl sites for hydroxylation is 1. The van der Waals surface area contributed by atoms with E-state index in [1.54, 1.807) is 6.92 Å². The zero-order valence-corrected chi connectivity index (χ0v) is 14.3. The first-order valence-corrected chi connectivity index (χ1v) is 8.87. The Kier molecular flexibility index (Phi) is 4.25. The third kappa shape index (κ3) is 3.87. The number of hydrogen-bond acceptors (Lipinski definition) is 3. The van der Waals surface area contributed by atoms with E-state index < -0.39 is 5.95 Å². The molecule has 0 unspecified atom stereocenters. The average Bonchev–Trinajstić information content (AvgIpc) is 3.48. The summed E-state index contributed by atoms with van der Waals surface area (Å²) < 4.78 is 13.0.